The van der Waals surface area contributed by atoms with Crippen molar-refractivity contribution in [3.05, 3.63) is 36.0 Å². The van der Waals surface area contributed by atoms with E-state index in [1.165, 1.54) is 0 Å². The highest BCUT2D eigenvalue weighted by molar-refractivity contribution is 5.94. The van der Waals surface area contributed by atoms with E-state index < -0.39 is 5.67 Å². The van der Waals surface area contributed by atoms with Gasteiger partial charge in [0.2, 0.25) is 11.8 Å². The molecule has 0 aromatic carbocycles. The number of fused-ring (bicyclic) bond motifs is 3. The maximum Gasteiger partial charge on any atom is 0.259 e. The zero-order valence-corrected chi connectivity index (χ0v) is 24.8. The summed E-state index contributed by atoms with van der Waals surface area (Å²) < 4.78 is 25.6. The Morgan fingerprint density at radius 3 is 2.31 bits per heavy atom. The molecule has 10 heteroatoms. The lowest BCUT2D eigenvalue weighted by atomic mass is 9.41. The molecular formula is C32H39FN6O3. The van der Waals surface area contributed by atoms with Crippen molar-refractivity contribution in [2.75, 3.05) is 11.4 Å². The number of hydrogen-bond acceptors (Lipinski definition) is 8. The average Bonchev–Trinajstić information content (AvgIpc) is 3.43. The Morgan fingerprint density at radius 2 is 1.69 bits per heavy atom. The summed E-state index contributed by atoms with van der Waals surface area (Å²) in [7, 11) is 0. The maximum absolute atomic E-state index is 14.4. The molecule has 1 amide bonds. The van der Waals surface area contributed by atoms with Crippen LogP contribution in [0.4, 0.5) is 10.1 Å². The van der Waals surface area contributed by atoms with E-state index in [0.717, 1.165) is 68.7 Å². The number of nitrogens with zero attached hydrogens (tertiary/aromatic N) is 6. The van der Waals surface area contributed by atoms with Crippen LogP contribution in [0.3, 0.4) is 0 Å². The predicted molar refractivity (Wildman–Crippen MR) is 151 cm³/mol. The molecule has 7 saturated carbocycles. The topological polar surface area (TPSA) is 111 Å². The van der Waals surface area contributed by atoms with Gasteiger partial charge in [-0.1, -0.05) is 31.1 Å². The Hall–Kier alpha value is -3.17. The second-order valence-corrected chi connectivity index (χ2v) is 15.5. The van der Waals surface area contributed by atoms with Crippen molar-refractivity contribution in [2.45, 2.75) is 120 Å². The molecule has 222 valence electrons. The van der Waals surface area contributed by atoms with Crippen molar-refractivity contribution >= 4 is 11.6 Å². The van der Waals surface area contributed by atoms with Gasteiger partial charge in [-0.05, 0) is 87.5 Å². The molecule has 3 heterocycles. The third-order valence-corrected chi connectivity index (χ3v) is 11.0. The summed E-state index contributed by atoms with van der Waals surface area (Å²) in [5.41, 5.74) is 0.0409. The number of rotatable bonds is 8. The summed E-state index contributed by atoms with van der Waals surface area (Å²) in [4.78, 5) is 29.9. The summed E-state index contributed by atoms with van der Waals surface area (Å²) in [5, 5.41) is 8.61. The van der Waals surface area contributed by atoms with Crippen molar-refractivity contribution in [1.29, 1.82) is 0 Å². The molecule has 0 radical (unpaired) electrons. The zero-order valence-electron chi connectivity index (χ0n) is 24.8. The quantitative estimate of drug-likeness (QED) is 0.296. The van der Waals surface area contributed by atoms with Crippen LogP contribution in [0.25, 0.3) is 11.5 Å². The fraction of sp³-hybridized carbons (Fsp3) is 0.688. The summed E-state index contributed by atoms with van der Waals surface area (Å²) in [6, 6.07) is 1.95. The summed E-state index contributed by atoms with van der Waals surface area (Å²) in [6.07, 6.45) is 13.5. The second-order valence-electron chi connectivity index (χ2n) is 15.5. The first kappa shape index (κ1) is 26.5. The number of carbonyl (C=O) groups is 1. The van der Waals surface area contributed by atoms with Crippen LogP contribution < -0.4 is 4.90 Å². The monoisotopic (exact) mass is 574 g/mol. The Labute approximate surface area is 245 Å². The second kappa shape index (κ2) is 8.69. The van der Waals surface area contributed by atoms with Crippen molar-refractivity contribution in [2.24, 2.45) is 10.8 Å². The van der Waals surface area contributed by atoms with Gasteiger partial charge in [0.05, 0.1) is 17.4 Å². The van der Waals surface area contributed by atoms with Gasteiger partial charge in [-0.2, -0.15) is 9.97 Å². The molecular weight excluding hydrogens is 535 g/mol. The average molecular weight is 575 g/mol. The lowest BCUT2D eigenvalue weighted by molar-refractivity contribution is -0.215. The van der Waals surface area contributed by atoms with Crippen LogP contribution in [0.1, 0.15) is 121 Å². The normalized spacial score (nSPS) is 33.2. The molecule has 0 aliphatic heterocycles. The molecule has 42 heavy (non-hydrogen) atoms. The van der Waals surface area contributed by atoms with Crippen LogP contribution >= 0.6 is 0 Å². The minimum absolute atomic E-state index is 0.00831. The molecule has 0 unspecified atom stereocenters. The smallest absolute Gasteiger partial charge is 0.259 e. The minimum Gasteiger partial charge on any atom is -0.339 e. The van der Waals surface area contributed by atoms with Gasteiger partial charge < -0.3 is 13.9 Å². The molecule has 7 aliphatic rings. The number of halogens is 1. The number of anilines is 1. The molecule has 9 nitrogen and oxygen atoms in total. The van der Waals surface area contributed by atoms with E-state index in [1.54, 1.807) is 12.4 Å². The van der Waals surface area contributed by atoms with Crippen molar-refractivity contribution in [3.8, 4) is 11.5 Å². The lowest BCUT2D eigenvalue weighted by Crippen LogP contribution is -2.65. The minimum atomic E-state index is -1.03. The molecule has 0 saturated heterocycles. The number of aromatic nitrogens is 5. The SMILES string of the molecule is CC(C)(C)c1nc(C23CCC(CN(C(=O)CC45CC(F)(C4)C5)c4cncc(-c5nc(C6CC6)no5)c4)(CC2)CC3)no1. The molecule has 4 bridgehead atoms. The molecule has 7 fully saturated rings. The first-order valence-corrected chi connectivity index (χ1v) is 15.6. The van der Waals surface area contributed by atoms with Gasteiger partial charge in [-0.3, -0.25) is 9.78 Å². The van der Waals surface area contributed by atoms with Crippen LogP contribution in [0.15, 0.2) is 27.5 Å². The fourth-order valence-electron chi connectivity index (χ4n) is 8.25. The highest BCUT2D eigenvalue weighted by atomic mass is 19.1. The van der Waals surface area contributed by atoms with E-state index in [9.17, 15) is 9.18 Å². The Morgan fingerprint density at radius 1 is 0.976 bits per heavy atom. The third-order valence-electron chi connectivity index (χ3n) is 11.0. The van der Waals surface area contributed by atoms with E-state index in [1.807, 2.05) is 11.0 Å². The molecule has 3 aromatic heterocycles. The number of amides is 1. The molecule has 0 N–H and O–H groups in total. The van der Waals surface area contributed by atoms with Gasteiger partial charge in [0.15, 0.2) is 11.6 Å². The number of hydrogen-bond donors (Lipinski definition) is 0. The van der Waals surface area contributed by atoms with Crippen LogP contribution in [0.5, 0.6) is 0 Å². The lowest BCUT2D eigenvalue weighted by Gasteiger charge is -2.66. The predicted octanol–water partition coefficient (Wildman–Crippen LogP) is 6.60. The van der Waals surface area contributed by atoms with Crippen LogP contribution in [0.2, 0.25) is 0 Å². The summed E-state index contributed by atoms with van der Waals surface area (Å²) >= 11 is 0. The number of alkyl halides is 1. The number of pyridine rings is 1. The first-order valence-electron chi connectivity index (χ1n) is 15.6. The van der Waals surface area contributed by atoms with Gasteiger partial charge in [0.1, 0.15) is 5.67 Å². The van der Waals surface area contributed by atoms with Crippen LogP contribution in [-0.4, -0.2) is 43.4 Å². The Bertz CT molecular complexity index is 1510. The fourth-order valence-corrected chi connectivity index (χ4v) is 8.25. The van der Waals surface area contributed by atoms with Crippen LogP contribution in [0, 0.1) is 10.8 Å². The van der Waals surface area contributed by atoms with E-state index in [-0.39, 0.29) is 27.6 Å². The Kier molecular flexibility index (Phi) is 5.48. The highest BCUT2D eigenvalue weighted by Crippen LogP contribution is 2.71. The van der Waals surface area contributed by atoms with E-state index in [2.05, 4.69) is 41.1 Å². The molecule has 10 rings (SSSR count). The standard InChI is InChI=1S/C32H39FN6O3/c1-28(2,3)27-36-26(38-42-27)31-9-6-29(7-10-31,8-11-31)19-39(23(40)13-30-16-32(33,17-30)18-30)22-12-21(14-34-15-22)25-35-24(37-41-25)20-4-5-20/h12,14-15,20H,4-11,13,16-19H2,1-3H3. The number of carbonyl (C=O) groups excluding carboxylic acids is 1. The van der Waals surface area contributed by atoms with Gasteiger partial charge in [-0.15, -0.1) is 0 Å². The zero-order chi connectivity index (χ0) is 29.0. The summed E-state index contributed by atoms with van der Waals surface area (Å²) in [5.74, 6) is 3.16. The largest absolute Gasteiger partial charge is 0.339 e. The van der Waals surface area contributed by atoms with Crippen molar-refractivity contribution in [3.63, 3.8) is 0 Å². The van der Waals surface area contributed by atoms with Crippen molar-refractivity contribution in [1.82, 2.24) is 25.3 Å². The molecule has 0 atom stereocenters. The summed E-state index contributed by atoms with van der Waals surface area (Å²) in [6.45, 7) is 6.90. The van der Waals surface area contributed by atoms with E-state index in [0.29, 0.717) is 55.5 Å². The van der Waals surface area contributed by atoms with E-state index >= 15 is 0 Å². The highest BCUT2D eigenvalue weighted by Gasteiger charge is 2.69. The van der Waals surface area contributed by atoms with Gasteiger partial charge in [0.25, 0.3) is 5.89 Å². The first-order chi connectivity index (χ1) is 20.0. The van der Waals surface area contributed by atoms with Gasteiger partial charge >= 0.3 is 0 Å². The van der Waals surface area contributed by atoms with Gasteiger partial charge in [0, 0.05) is 35.9 Å². The Balaban J connectivity index is 1.05. The maximum atomic E-state index is 14.4. The van der Waals surface area contributed by atoms with Gasteiger partial charge in [-0.25, -0.2) is 4.39 Å². The van der Waals surface area contributed by atoms with Crippen LogP contribution in [-0.2, 0) is 15.6 Å². The molecule has 0 spiro atoms. The molecule has 7 aliphatic carbocycles. The third kappa shape index (κ3) is 4.30. The molecule has 3 aromatic rings. The van der Waals surface area contributed by atoms with Crippen molar-refractivity contribution < 1.29 is 18.2 Å². The van der Waals surface area contributed by atoms with E-state index in [4.69, 9.17) is 14.0 Å².